The van der Waals surface area contributed by atoms with Crippen LogP contribution in [-0.4, -0.2) is 29.3 Å². The second-order valence-electron chi connectivity index (χ2n) is 7.99. The van der Waals surface area contributed by atoms with Gasteiger partial charge in [0.2, 0.25) is 5.91 Å². The van der Waals surface area contributed by atoms with Gasteiger partial charge in [-0.15, -0.1) is 0 Å². The van der Waals surface area contributed by atoms with Crippen LogP contribution in [0, 0.1) is 12.7 Å². The first-order chi connectivity index (χ1) is 17.2. The van der Waals surface area contributed by atoms with Gasteiger partial charge in [-0.2, -0.15) is 0 Å². The molecule has 1 fully saturated rings. The molecule has 1 heterocycles. The number of nitrogens with zero attached hydrogens (tertiary/aromatic N) is 1. The highest BCUT2D eigenvalue weighted by Gasteiger charge is 2.35. The zero-order valence-electron chi connectivity index (χ0n) is 19.0. The van der Waals surface area contributed by atoms with Gasteiger partial charge >= 0.3 is 6.03 Å². The average Bonchev–Trinajstić information content (AvgIpc) is 3.08. The predicted octanol–water partition coefficient (Wildman–Crippen LogP) is 5.66. The molecule has 0 atom stereocenters. The van der Waals surface area contributed by atoms with Crippen LogP contribution in [0.1, 0.15) is 16.7 Å². The van der Waals surface area contributed by atoms with Crippen LogP contribution in [0.3, 0.4) is 0 Å². The Morgan fingerprint density at radius 3 is 2.58 bits per heavy atom. The molecular weight excluding hydrogens is 553 g/mol. The van der Waals surface area contributed by atoms with E-state index in [9.17, 15) is 18.8 Å². The van der Waals surface area contributed by atoms with Crippen LogP contribution >= 0.6 is 27.5 Å². The van der Waals surface area contributed by atoms with E-state index in [1.807, 2.05) is 19.1 Å². The number of rotatable bonds is 7. The van der Waals surface area contributed by atoms with Crippen LogP contribution < -0.4 is 15.4 Å². The third-order valence-electron chi connectivity index (χ3n) is 5.26. The summed E-state index contributed by atoms with van der Waals surface area (Å²) in [6, 6.07) is 15.9. The maximum absolute atomic E-state index is 13.9. The Morgan fingerprint density at radius 2 is 1.89 bits per heavy atom. The molecule has 1 aliphatic heterocycles. The Balaban J connectivity index is 1.44. The zero-order valence-corrected chi connectivity index (χ0v) is 21.3. The van der Waals surface area contributed by atoms with E-state index in [4.69, 9.17) is 16.3 Å². The Labute approximate surface area is 220 Å². The molecule has 0 radical (unpaired) electrons. The van der Waals surface area contributed by atoms with Gasteiger partial charge in [0.1, 0.15) is 24.7 Å². The molecule has 3 aromatic rings. The van der Waals surface area contributed by atoms with E-state index in [0.29, 0.717) is 27.0 Å². The summed E-state index contributed by atoms with van der Waals surface area (Å²) in [4.78, 5) is 38.3. The number of benzene rings is 3. The Kier molecular flexibility index (Phi) is 7.71. The summed E-state index contributed by atoms with van der Waals surface area (Å²) in [6.45, 7) is 1.45. The van der Waals surface area contributed by atoms with E-state index < -0.39 is 30.2 Å². The lowest BCUT2D eigenvalue weighted by molar-refractivity contribution is -0.127. The van der Waals surface area contributed by atoms with Crippen molar-refractivity contribution in [3.63, 3.8) is 0 Å². The SMILES string of the molecule is Cc1ccc(NC(=O)CN2C(=O)NC(=Cc3cc(Cl)c(OCc4ccccc4F)c(Br)c3)C2=O)cc1. The van der Waals surface area contributed by atoms with E-state index in [2.05, 4.69) is 26.6 Å². The van der Waals surface area contributed by atoms with Gasteiger partial charge in [0.05, 0.1) is 9.50 Å². The summed E-state index contributed by atoms with van der Waals surface area (Å²) in [5.41, 5.74) is 2.46. The van der Waals surface area contributed by atoms with E-state index in [-0.39, 0.29) is 17.3 Å². The van der Waals surface area contributed by atoms with Gasteiger partial charge in [0, 0.05) is 11.3 Å². The molecule has 3 aromatic carbocycles. The highest BCUT2D eigenvalue weighted by molar-refractivity contribution is 9.10. The molecule has 10 heteroatoms. The lowest BCUT2D eigenvalue weighted by Gasteiger charge is -2.12. The highest BCUT2D eigenvalue weighted by atomic mass is 79.9. The molecule has 2 N–H and O–H groups in total. The summed E-state index contributed by atoms with van der Waals surface area (Å²) in [6.07, 6.45) is 1.44. The first-order valence-corrected chi connectivity index (χ1v) is 11.9. The highest BCUT2D eigenvalue weighted by Crippen LogP contribution is 2.36. The number of anilines is 1. The van der Waals surface area contributed by atoms with Gasteiger partial charge in [0.25, 0.3) is 5.91 Å². The molecule has 0 aliphatic carbocycles. The molecule has 4 rings (SSSR count). The van der Waals surface area contributed by atoms with E-state index in [1.54, 1.807) is 42.5 Å². The number of amides is 4. The number of aryl methyl sites for hydroxylation is 1. The number of imide groups is 1. The molecule has 4 amide bonds. The first-order valence-electron chi connectivity index (χ1n) is 10.8. The van der Waals surface area contributed by atoms with Crippen LogP contribution in [0.2, 0.25) is 5.02 Å². The van der Waals surface area contributed by atoms with Crippen molar-refractivity contribution in [1.82, 2.24) is 10.2 Å². The fourth-order valence-electron chi connectivity index (χ4n) is 3.43. The average molecular weight is 573 g/mol. The van der Waals surface area contributed by atoms with Crippen molar-refractivity contribution in [1.29, 1.82) is 0 Å². The summed E-state index contributed by atoms with van der Waals surface area (Å²) in [5, 5.41) is 5.35. The maximum Gasteiger partial charge on any atom is 0.329 e. The number of nitrogens with one attached hydrogen (secondary N) is 2. The number of carbonyl (C=O) groups excluding carboxylic acids is 3. The lowest BCUT2D eigenvalue weighted by atomic mass is 10.1. The molecule has 0 unspecified atom stereocenters. The largest absolute Gasteiger partial charge is 0.486 e. The molecular formula is C26H20BrClFN3O4. The zero-order chi connectivity index (χ0) is 25.8. The second kappa shape index (κ2) is 10.9. The van der Waals surface area contributed by atoms with E-state index in [1.165, 1.54) is 12.1 Å². The number of ether oxygens (including phenoxy) is 1. The van der Waals surface area contributed by atoms with Gasteiger partial charge in [-0.1, -0.05) is 47.5 Å². The van der Waals surface area contributed by atoms with Gasteiger partial charge in [-0.05, 0) is 64.8 Å². The monoisotopic (exact) mass is 571 g/mol. The number of hydrogen-bond acceptors (Lipinski definition) is 4. The lowest BCUT2D eigenvalue weighted by Crippen LogP contribution is -2.38. The van der Waals surface area contributed by atoms with E-state index >= 15 is 0 Å². The molecule has 1 saturated heterocycles. The number of urea groups is 1. The fourth-order valence-corrected chi connectivity index (χ4v) is 4.42. The van der Waals surface area contributed by atoms with Gasteiger partial charge in [0.15, 0.2) is 5.75 Å². The van der Waals surface area contributed by atoms with Crippen molar-refractivity contribution in [2.24, 2.45) is 0 Å². The smallest absolute Gasteiger partial charge is 0.329 e. The second-order valence-corrected chi connectivity index (χ2v) is 9.25. The normalized spacial score (nSPS) is 14.2. The Morgan fingerprint density at radius 1 is 1.17 bits per heavy atom. The minimum Gasteiger partial charge on any atom is -0.486 e. The molecule has 1 aliphatic rings. The predicted molar refractivity (Wildman–Crippen MR) is 138 cm³/mol. The summed E-state index contributed by atoms with van der Waals surface area (Å²) < 4.78 is 20.0. The minimum atomic E-state index is -0.708. The van der Waals surface area contributed by atoms with Crippen molar-refractivity contribution in [3.05, 3.63) is 98.4 Å². The summed E-state index contributed by atoms with van der Waals surface area (Å²) in [5.74, 6) is -1.24. The van der Waals surface area contributed by atoms with Gasteiger partial charge in [-0.3, -0.25) is 9.59 Å². The van der Waals surface area contributed by atoms with Gasteiger partial charge in [-0.25, -0.2) is 14.1 Å². The number of halogens is 3. The third kappa shape index (κ3) is 5.92. The topological polar surface area (TPSA) is 87.7 Å². The van der Waals surface area contributed by atoms with Crippen LogP contribution in [0.5, 0.6) is 5.75 Å². The fraction of sp³-hybridized carbons (Fsp3) is 0.115. The van der Waals surface area contributed by atoms with Crippen molar-refractivity contribution < 1.29 is 23.5 Å². The van der Waals surface area contributed by atoms with Crippen molar-refractivity contribution in [2.75, 3.05) is 11.9 Å². The molecule has 0 aromatic heterocycles. The van der Waals surface area contributed by atoms with Crippen molar-refractivity contribution in [2.45, 2.75) is 13.5 Å². The van der Waals surface area contributed by atoms with Crippen LogP contribution in [0.15, 0.2) is 70.8 Å². The molecule has 0 saturated carbocycles. The molecule has 0 spiro atoms. The Bertz CT molecular complexity index is 1350. The summed E-state index contributed by atoms with van der Waals surface area (Å²) >= 11 is 9.74. The molecule has 184 valence electrons. The Hall–Kier alpha value is -3.69. The van der Waals surface area contributed by atoms with Crippen molar-refractivity contribution >= 4 is 57.1 Å². The minimum absolute atomic E-state index is 0.00822. The molecule has 0 bridgehead atoms. The van der Waals surface area contributed by atoms with Crippen LogP contribution in [0.4, 0.5) is 14.9 Å². The third-order valence-corrected chi connectivity index (χ3v) is 6.13. The molecule has 36 heavy (non-hydrogen) atoms. The standard InChI is InChI=1S/C26H20BrClFN3O4/c1-15-6-8-18(9-7-15)30-23(33)13-32-25(34)22(31-26(32)35)12-16-10-19(27)24(20(28)11-16)36-14-17-4-2-3-5-21(17)29/h2-12H,13-14H2,1H3,(H,30,33)(H,31,35). The quantitative estimate of drug-likeness (QED) is 0.283. The maximum atomic E-state index is 13.9. The number of carbonyl (C=O) groups is 3. The first kappa shape index (κ1) is 25.4. The van der Waals surface area contributed by atoms with Crippen molar-refractivity contribution in [3.8, 4) is 5.75 Å². The number of hydrogen-bond donors (Lipinski definition) is 2. The van der Waals surface area contributed by atoms with Crippen LogP contribution in [-0.2, 0) is 16.2 Å². The summed E-state index contributed by atoms with van der Waals surface area (Å²) in [7, 11) is 0. The van der Waals surface area contributed by atoms with E-state index in [0.717, 1.165) is 10.5 Å². The van der Waals surface area contributed by atoms with Gasteiger partial charge < -0.3 is 15.4 Å². The van der Waals surface area contributed by atoms with Crippen LogP contribution in [0.25, 0.3) is 6.08 Å². The molecule has 7 nitrogen and oxygen atoms in total.